The van der Waals surface area contributed by atoms with Crippen LogP contribution in [0.4, 0.5) is 4.39 Å². The molecule has 2 aliphatic heterocycles. The SMILES string of the molecule is CCNC(=NCC(O)COc1ccc(F)cc1)N1CCC(CN2CCOCC2)C1. The summed E-state index contributed by atoms with van der Waals surface area (Å²) in [6, 6.07) is 5.77. The molecule has 2 fully saturated rings. The van der Waals surface area contributed by atoms with Gasteiger partial charge in [0.15, 0.2) is 5.96 Å². The van der Waals surface area contributed by atoms with Gasteiger partial charge >= 0.3 is 0 Å². The Hall–Kier alpha value is -1.90. The lowest BCUT2D eigenvalue weighted by molar-refractivity contribution is 0.0315. The Morgan fingerprint density at radius 3 is 2.79 bits per heavy atom. The van der Waals surface area contributed by atoms with Crippen molar-refractivity contribution >= 4 is 5.96 Å². The number of rotatable bonds is 8. The van der Waals surface area contributed by atoms with Crippen molar-refractivity contribution in [1.82, 2.24) is 15.1 Å². The maximum atomic E-state index is 12.9. The molecule has 1 aromatic rings. The van der Waals surface area contributed by atoms with E-state index in [0.29, 0.717) is 11.7 Å². The van der Waals surface area contributed by atoms with Crippen LogP contribution in [0.25, 0.3) is 0 Å². The second-order valence-corrected chi connectivity index (χ2v) is 7.63. The van der Waals surface area contributed by atoms with Crippen LogP contribution in [0.2, 0.25) is 0 Å². The summed E-state index contributed by atoms with van der Waals surface area (Å²) >= 11 is 0. The van der Waals surface area contributed by atoms with E-state index in [4.69, 9.17) is 9.47 Å². The maximum absolute atomic E-state index is 12.9. The molecule has 0 spiro atoms. The third-order valence-corrected chi connectivity index (χ3v) is 5.25. The summed E-state index contributed by atoms with van der Waals surface area (Å²) in [6.07, 6.45) is 0.429. The van der Waals surface area contributed by atoms with E-state index in [2.05, 4.69) is 20.1 Å². The van der Waals surface area contributed by atoms with Gasteiger partial charge in [0, 0.05) is 39.3 Å². The summed E-state index contributed by atoms with van der Waals surface area (Å²) < 4.78 is 23.9. The molecule has 1 aromatic carbocycles. The first-order chi connectivity index (χ1) is 14.1. The van der Waals surface area contributed by atoms with E-state index >= 15 is 0 Å². The predicted octanol–water partition coefficient (Wildman–Crippen LogP) is 1.19. The lowest BCUT2D eigenvalue weighted by atomic mass is 10.1. The van der Waals surface area contributed by atoms with Crippen LogP contribution in [0, 0.1) is 11.7 Å². The molecule has 7 nitrogen and oxygen atoms in total. The van der Waals surface area contributed by atoms with Crippen molar-refractivity contribution in [2.75, 3.05) is 65.6 Å². The summed E-state index contributed by atoms with van der Waals surface area (Å²) in [7, 11) is 0. The molecule has 2 unspecified atom stereocenters. The quantitative estimate of drug-likeness (QED) is 0.497. The second-order valence-electron chi connectivity index (χ2n) is 7.63. The highest BCUT2D eigenvalue weighted by Crippen LogP contribution is 2.18. The van der Waals surface area contributed by atoms with Gasteiger partial charge in [-0.2, -0.15) is 0 Å². The number of aliphatic hydroxyl groups is 1. The standard InChI is InChI=1S/C21H33FN4O3/c1-2-23-21(24-13-19(27)16-29-20-5-3-18(22)4-6-20)26-8-7-17(15-26)14-25-9-11-28-12-10-25/h3-6,17,19,27H,2,7-16H2,1H3,(H,23,24). The number of likely N-dealkylation sites (tertiary alicyclic amines) is 1. The normalized spacial score (nSPS) is 22.0. The van der Waals surface area contributed by atoms with Crippen molar-refractivity contribution in [1.29, 1.82) is 0 Å². The van der Waals surface area contributed by atoms with Crippen LogP contribution >= 0.6 is 0 Å². The number of nitrogens with zero attached hydrogens (tertiary/aromatic N) is 3. The molecule has 162 valence electrons. The summed E-state index contributed by atoms with van der Waals surface area (Å²) in [4.78, 5) is 9.38. The summed E-state index contributed by atoms with van der Waals surface area (Å²) in [6.45, 7) is 9.97. The third-order valence-electron chi connectivity index (χ3n) is 5.25. The summed E-state index contributed by atoms with van der Waals surface area (Å²) in [5.74, 6) is 1.70. The van der Waals surface area contributed by atoms with Crippen LogP contribution in [0.5, 0.6) is 5.75 Å². The highest BCUT2D eigenvalue weighted by Gasteiger charge is 2.27. The van der Waals surface area contributed by atoms with Crippen LogP contribution in [-0.2, 0) is 4.74 Å². The average molecular weight is 409 g/mol. The van der Waals surface area contributed by atoms with Crippen molar-refractivity contribution in [2.24, 2.45) is 10.9 Å². The fourth-order valence-corrected chi connectivity index (χ4v) is 3.72. The Morgan fingerprint density at radius 1 is 1.31 bits per heavy atom. The molecule has 0 aromatic heterocycles. The summed E-state index contributed by atoms with van der Waals surface area (Å²) in [5.41, 5.74) is 0. The lowest BCUT2D eigenvalue weighted by Crippen LogP contribution is -2.42. The van der Waals surface area contributed by atoms with E-state index in [1.807, 2.05) is 6.92 Å². The third kappa shape index (κ3) is 7.13. The lowest BCUT2D eigenvalue weighted by Gasteiger charge is -2.29. The minimum absolute atomic E-state index is 0.119. The van der Waals surface area contributed by atoms with Crippen LogP contribution < -0.4 is 10.1 Å². The molecular weight excluding hydrogens is 375 g/mol. The molecule has 29 heavy (non-hydrogen) atoms. The van der Waals surface area contributed by atoms with E-state index in [1.54, 1.807) is 12.1 Å². The highest BCUT2D eigenvalue weighted by atomic mass is 19.1. The van der Waals surface area contributed by atoms with Crippen LogP contribution in [0.15, 0.2) is 29.3 Å². The number of aliphatic imine (C=N–C) groups is 1. The van der Waals surface area contributed by atoms with E-state index in [1.165, 1.54) is 12.1 Å². The van der Waals surface area contributed by atoms with Gasteiger partial charge in [0.2, 0.25) is 0 Å². The monoisotopic (exact) mass is 408 g/mol. The minimum Gasteiger partial charge on any atom is -0.491 e. The average Bonchev–Trinajstić information content (AvgIpc) is 3.19. The largest absolute Gasteiger partial charge is 0.491 e. The molecule has 2 saturated heterocycles. The van der Waals surface area contributed by atoms with Crippen molar-refractivity contribution in [3.8, 4) is 5.75 Å². The van der Waals surface area contributed by atoms with Gasteiger partial charge in [-0.1, -0.05) is 0 Å². The number of nitrogens with one attached hydrogen (secondary N) is 1. The molecule has 2 atom stereocenters. The van der Waals surface area contributed by atoms with Gasteiger partial charge in [0.25, 0.3) is 0 Å². The van der Waals surface area contributed by atoms with Crippen molar-refractivity contribution in [3.05, 3.63) is 30.1 Å². The first-order valence-electron chi connectivity index (χ1n) is 10.5. The molecule has 2 N–H and O–H groups in total. The van der Waals surface area contributed by atoms with Gasteiger partial charge in [-0.15, -0.1) is 0 Å². The summed E-state index contributed by atoms with van der Waals surface area (Å²) in [5, 5.41) is 13.6. The molecule has 0 aliphatic carbocycles. The predicted molar refractivity (Wildman–Crippen MR) is 111 cm³/mol. The number of benzene rings is 1. The van der Waals surface area contributed by atoms with Crippen LogP contribution in [0.1, 0.15) is 13.3 Å². The van der Waals surface area contributed by atoms with Gasteiger partial charge in [0.1, 0.15) is 24.3 Å². The fraction of sp³-hybridized carbons (Fsp3) is 0.667. The second kappa shape index (κ2) is 11.3. The zero-order chi connectivity index (χ0) is 20.5. The molecule has 2 heterocycles. The van der Waals surface area contributed by atoms with Gasteiger partial charge in [-0.25, -0.2) is 4.39 Å². The molecule has 2 aliphatic rings. The topological polar surface area (TPSA) is 69.6 Å². The first-order valence-corrected chi connectivity index (χ1v) is 10.5. The highest BCUT2D eigenvalue weighted by molar-refractivity contribution is 5.80. The number of hydrogen-bond donors (Lipinski definition) is 2. The zero-order valence-electron chi connectivity index (χ0n) is 17.2. The van der Waals surface area contributed by atoms with E-state index in [0.717, 1.165) is 64.9 Å². The number of morpholine rings is 1. The number of halogens is 1. The Balaban J connectivity index is 1.45. The van der Waals surface area contributed by atoms with Crippen molar-refractivity contribution in [2.45, 2.75) is 19.4 Å². The van der Waals surface area contributed by atoms with Crippen LogP contribution in [0.3, 0.4) is 0 Å². The van der Waals surface area contributed by atoms with E-state index < -0.39 is 6.10 Å². The maximum Gasteiger partial charge on any atom is 0.194 e. The van der Waals surface area contributed by atoms with Crippen molar-refractivity contribution in [3.63, 3.8) is 0 Å². The van der Waals surface area contributed by atoms with Crippen LogP contribution in [-0.4, -0.2) is 92.6 Å². The van der Waals surface area contributed by atoms with Crippen molar-refractivity contribution < 1.29 is 19.0 Å². The molecule has 0 radical (unpaired) electrons. The van der Waals surface area contributed by atoms with E-state index in [9.17, 15) is 9.50 Å². The molecule has 0 bridgehead atoms. The molecule has 8 heteroatoms. The molecular formula is C21H33FN4O3. The van der Waals surface area contributed by atoms with Gasteiger partial charge in [-0.05, 0) is 43.5 Å². The molecule has 0 amide bonds. The molecule has 3 rings (SSSR count). The number of ether oxygens (including phenoxy) is 2. The Labute approximate surface area is 172 Å². The van der Waals surface area contributed by atoms with Gasteiger partial charge in [0.05, 0.1) is 19.8 Å². The van der Waals surface area contributed by atoms with Gasteiger partial charge < -0.3 is 24.8 Å². The Kier molecular flexibility index (Phi) is 8.52. The number of aliphatic hydroxyl groups excluding tert-OH is 1. The smallest absolute Gasteiger partial charge is 0.194 e. The Bertz CT molecular complexity index is 637. The fourth-order valence-electron chi connectivity index (χ4n) is 3.72. The zero-order valence-corrected chi connectivity index (χ0v) is 17.2. The minimum atomic E-state index is -0.722. The number of guanidine groups is 1. The van der Waals surface area contributed by atoms with Gasteiger partial charge in [-0.3, -0.25) is 9.89 Å². The molecule has 0 saturated carbocycles. The number of hydrogen-bond acceptors (Lipinski definition) is 5. The first kappa shape index (κ1) is 21.8. The van der Waals surface area contributed by atoms with E-state index in [-0.39, 0.29) is 19.0 Å². The Morgan fingerprint density at radius 2 is 2.07 bits per heavy atom.